The molecule has 1 heterocycles. The number of amides is 1. The molecule has 1 amide bonds. The van der Waals surface area contributed by atoms with Gasteiger partial charge in [0.15, 0.2) is 11.5 Å². The number of nitrogens with zero attached hydrogens (tertiary/aromatic N) is 1. The molecule has 1 N–H and O–H groups in total. The molecule has 0 saturated carbocycles. The molecule has 0 aliphatic heterocycles. The second-order valence-electron chi connectivity index (χ2n) is 4.54. The molecule has 0 atom stereocenters. The molecule has 0 aliphatic carbocycles. The Balaban J connectivity index is 1.76. The van der Waals surface area contributed by atoms with Gasteiger partial charge in [-0.2, -0.15) is 0 Å². The summed E-state index contributed by atoms with van der Waals surface area (Å²) in [6.07, 6.45) is 0. The first-order valence-corrected chi connectivity index (χ1v) is 7.49. The zero-order valence-corrected chi connectivity index (χ0v) is 13.4. The largest absolute Gasteiger partial charge is 0.355 e. The maximum Gasteiger partial charge on any atom is 0.277 e. The minimum Gasteiger partial charge on any atom is -0.355 e. The Morgan fingerprint density at radius 3 is 2.45 bits per heavy atom. The summed E-state index contributed by atoms with van der Waals surface area (Å²) in [7, 11) is 0. The van der Waals surface area contributed by atoms with Gasteiger partial charge in [-0.05, 0) is 71.1 Å². The van der Waals surface area contributed by atoms with Crippen molar-refractivity contribution in [2.24, 2.45) is 0 Å². The van der Waals surface area contributed by atoms with Crippen molar-refractivity contribution in [3.8, 4) is 11.3 Å². The molecule has 3 aromatic rings. The number of halogens is 2. The van der Waals surface area contributed by atoms with Gasteiger partial charge in [0.25, 0.3) is 5.91 Å². The lowest BCUT2D eigenvalue weighted by Gasteiger charge is -2.02. The molecule has 6 heteroatoms. The van der Waals surface area contributed by atoms with Gasteiger partial charge in [0, 0.05) is 20.9 Å². The van der Waals surface area contributed by atoms with E-state index in [-0.39, 0.29) is 17.4 Å². The fourth-order valence-corrected chi connectivity index (χ4v) is 2.22. The van der Waals surface area contributed by atoms with Crippen LogP contribution < -0.4 is 5.32 Å². The zero-order valence-electron chi connectivity index (χ0n) is 11.2. The average Bonchev–Trinajstić information content (AvgIpc) is 3.00. The highest BCUT2D eigenvalue weighted by molar-refractivity contribution is 14.1. The molecule has 22 heavy (non-hydrogen) atoms. The monoisotopic (exact) mass is 408 g/mol. The number of nitrogens with one attached hydrogen (secondary N) is 1. The van der Waals surface area contributed by atoms with Crippen LogP contribution >= 0.6 is 22.6 Å². The molecular formula is C16H10FIN2O2. The highest BCUT2D eigenvalue weighted by Crippen LogP contribution is 2.21. The number of anilines is 1. The lowest BCUT2D eigenvalue weighted by atomic mass is 10.1. The van der Waals surface area contributed by atoms with E-state index in [9.17, 15) is 9.18 Å². The Kier molecular flexibility index (Phi) is 4.19. The third-order valence-electron chi connectivity index (χ3n) is 2.97. The lowest BCUT2D eigenvalue weighted by Crippen LogP contribution is -2.11. The first kappa shape index (κ1) is 14.7. The van der Waals surface area contributed by atoms with Crippen LogP contribution in [0.2, 0.25) is 0 Å². The van der Waals surface area contributed by atoms with Crippen molar-refractivity contribution in [2.45, 2.75) is 0 Å². The van der Waals surface area contributed by atoms with Crippen molar-refractivity contribution in [1.29, 1.82) is 0 Å². The maximum atomic E-state index is 12.9. The van der Waals surface area contributed by atoms with Crippen LogP contribution in [0.25, 0.3) is 11.3 Å². The van der Waals surface area contributed by atoms with Gasteiger partial charge in [-0.15, -0.1) is 0 Å². The van der Waals surface area contributed by atoms with Crippen molar-refractivity contribution >= 4 is 34.2 Å². The number of aromatic nitrogens is 1. The van der Waals surface area contributed by atoms with E-state index in [1.807, 2.05) is 12.1 Å². The summed E-state index contributed by atoms with van der Waals surface area (Å²) in [5.41, 5.74) is 1.50. The second-order valence-corrected chi connectivity index (χ2v) is 5.79. The highest BCUT2D eigenvalue weighted by Gasteiger charge is 2.14. The highest BCUT2D eigenvalue weighted by atomic mass is 127. The molecule has 1 aromatic heterocycles. The van der Waals surface area contributed by atoms with Crippen molar-refractivity contribution in [1.82, 2.24) is 5.16 Å². The first-order valence-electron chi connectivity index (χ1n) is 6.41. The van der Waals surface area contributed by atoms with Gasteiger partial charge in [-0.1, -0.05) is 5.16 Å². The van der Waals surface area contributed by atoms with E-state index in [0.717, 1.165) is 3.57 Å². The maximum absolute atomic E-state index is 12.9. The molecule has 0 bridgehead atoms. The third kappa shape index (κ3) is 3.33. The number of hydrogen-bond donors (Lipinski definition) is 1. The Morgan fingerprint density at radius 1 is 1.09 bits per heavy atom. The van der Waals surface area contributed by atoms with Gasteiger partial charge < -0.3 is 9.84 Å². The van der Waals surface area contributed by atoms with E-state index in [4.69, 9.17) is 4.52 Å². The molecule has 2 aromatic carbocycles. The van der Waals surface area contributed by atoms with Crippen LogP contribution in [0.15, 0.2) is 59.1 Å². The van der Waals surface area contributed by atoms with Crippen LogP contribution in [0.5, 0.6) is 0 Å². The van der Waals surface area contributed by atoms with Gasteiger partial charge >= 0.3 is 0 Å². The Hall–Kier alpha value is -2.22. The summed E-state index contributed by atoms with van der Waals surface area (Å²) in [6, 6.07) is 14.7. The van der Waals surface area contributed by atoms with Gasteiger partial charge in [0.2, 0.25) is 0 Å². The third-order valence-corrected chi connectivity index (χ3v) is 3.69. The minimum atomic E-state index is -0.363. The van der Waals surface area contributed by atoms with Crippen molar-refractivity contribution in [2.75, 3.05) is 5.32 Å². The number of carbonyl (C=O) groups excluding carboxylic acids is 1. The van der Waals surface area contributed by atoms with Crippen molar-refractivity contribution in [3.63, 3.8) is 0 Å². The fraction of sp³-hybridized carbons (Fsp3) is 0. The molecule has 0 spiro atoms. The average molecular weight is 408 g/mol. The van der Waals surface area contributed by atoms with Crippen LogP contribution in [-0.2, 0) is 0 Å². The van der Waals surface area contributed by atoms with Gasteiger partial charge in [-0.25, -0.2) is 4.39 Å². The Labute approximate surface area is 139 Å². The quantitative estimate of drug-likeness (QED) is 0.657. The summed E-state index contributed by atoms with van der Waals surface area (Å²) in [5.74, 6) is -0.286. The number of hydrogen-bond acceptors (Lipinski definition) is 3. The molecule has 110 valence electrons. The summed E-state index contributed by atoms with van der Waals surface area (Å²) in [5, 5.41) is 6.48. The molecule has 0 fully saturated rings. The molecule has 4 nitrogen and oxygen atoms in total. The standard InChI is InChI=1S/C16H10FIN2O2/c17-11-3-1-10(2-4-11)15-9-14(20-22-15)16(21)19-13-7-5-12(18)6-8-13/h1-9H,(H,19,21). The summed E-state index contributed by atoms with van der Waals surface area (Å²) < 4.78 is 19.1. The van der Waals surface area contributed by atoms with Gasteiger partial charge in [-0.3, -0.25) is 4.79 Å². The number of rotatable bonds is 3. The zero-order chi connectivity index (χ0) is 15.5. The fourth-order valence-electron chi connectivity index (χ4n) is 1.86. The van der Waals surface area contributed by atoms with Crippen LogP contribution in [0.1, 0.15) is 10.5 Å². The van der Waals surface area contributed by atoms with E-state index >= 15 is 0 Å². The molecule has 0 radical (unpaired) electrons. The molecule has 0 saturated heterocycles. The van der Waals surface area contributed by atoms with Crippen LogP contribution in [-0.4, -0.2) is 11.1 Å². The normalized spacial score (nSPS) is 10.5. The smallest absolute Gasteiger partial charge is 0.277 e. The summed E-state index contributed by atoms with van der Waals surface area (Å²) >= 11 is 2.19. The molecule has 0 aliphatic rings. The second kappa shape index (κ2) is 6.27. The number of carbonyl (C=O) groups is 1. The van der Waals surface area contributed by atoms with Crippen LogP contribution in [0.3, 0.4) is 0 Å². The van der Waals surface area contributed by atoms with E-state index in [1.54, 1.807) is 24.3 Å². The molecular weight excluding hydrogens is 398 g/mol. The Bertz CT molecular complexity index is 798. The summed E-state index contributed by atoms with van der Waals surface area (Å²) in [4.78, 5) is 12.1. The number of benzene rings is 2. The topological polar surface area (TPSA) is 55.1 Å². The van der Waals surface area contributed by atoms with E-state index < -0.39 is 0 Å². The van der Waals surface area contributed by atoms with Gasteiger partial charge in [0.1, 0.15) is 5.82 Å². The predicted molar refractivity (Wildman–Crippen MR) is 89.0 cm³/mol. The van der Waals surface area contributed by atoms with Crippen molar-refractivity contribution in [3.05, 3.63) is 69.7 Å². The molecule has 3 rings (SSSR count). The first-order chi connectivity index (χ1) is 10.6. The minimum absolute atomic E-state index is 0.165. The SMILES string of the molecule is O=C(Nc1ccc(I)cc1)c1cc(-c2ccc(F)cc2)on1. The summed E-state index contributed by atoms with van der Waals surface area (Å²) in [6.45, 7) is 0. The Morgan fingerprint density at radius 2 is 1.77 bits per heavy atom. The van der Waals surface area contributed by atoms with Crippen molar-refractivity contribution < 1.29 is 13.7 Å². The van der Waals surface area contributed by atoms with E-state index in [2.05, 4.69) is 33.1 Å². The van der Waals surface area contributed by atoms with E-state index in [1.165, 1.54) is 18.2 Å². The van der Waals surface area contributed by atoms with Crippen LogP contribution in [0, 0.1) is 9.39 Å². The molecule has 0 unspecified atom stereocenters. The van der Waals surface area contributed by atoms with Gasteiger partial charge in [0.05, 0.1) is 0 Å². The predicted octanol–water partition coefficient (Wildman–Crippen LogP) is 4.34. The lowest BCUT2D eigenvalue weighted by molar-refractivity contribution is 0.101. The van der Waals surface area contributed by atoms with Crippen LogP contribution in [0.4, 0.5) is 10.1 Å². The van der Waals surface area contributed by atoms with E-state index in [0.29, 0.717) is 17.0 Å².